The second-order valence-corrected chi connectivity index (χ2v) is 3.49. The highest BCUT2D eigenvalue weighted by Crippen LogP contribution is 2.51. The summed E-state index contributed by atoms with van der Waals surface area (Å²) in [5.74, 6) is 1.58. The predicted octanol–water partition coefficient (Wildman–Crippen LogP) is 2.58. The summed E-state index contributed by atoms with van der Waals surface area (Å²) in [7, 11) is 2.05. The Balaban J connectivity index is 0.000000308. The molecule has 1 saturated carbocycles. The van der Waals surface area contributed by atoms with Crippen molar-refractivity contribution in [2.24, 2.45) is 13.0 Å². The first kappa shape index (κ1) is 8.54. The molecule has 2 unspecified atom stereocenters. The molecule has 1 aromatic rings. The van der Waals surface area contributed by atoms with Crippen LogP contribution in [0.15, 0.2) is 12.4 Å². The van der Waals surface area contributed by atoms with Crippen molar-refractivity contribution in [3.8, 4) is 0 Å². The van der Waals surface area contributed by atoms with Crippen LogP contribution in [0.2, 0.25) is 0 Å². The second kappa shape index (κ2) is 3.02. The molecular weight excluding hydrogens is 160 g/mol. The Labute approximate surface area is 79.3 Å². The van der Waals surface area contributed by atoms with Crippen molar-refractivity contribution < 1.29 is 0 Å². The number of aryl methyl sites for hydroxylation is 1. The Bertz CT molecular complexity index is 336. The minimum atomic E-state index is 0.760. The van der Waals surface area contributed by atoms with Gasteiger partial charge in [-0.05, 0) is 18.4 Å². The minimum Gasteiger partial charge on any atom is -0.334 e. The normalized spacial score (nSPS) is 27.0. The molecule has 13 heavy (non-hydrogen) atoms. The first-order chi connectivity index (χ1) is 6.36. The molecule has 0 amide bonds. The van der Waals surface area contributed by atoms with Crippen molar-refractivity contribution in [2.75, 3.05) is 0 Å². The third-order valence-corrected chi connectivity index (χ3v) is 2.70. The van der Waals surface area contributed by atoms with Crippen molar-refractivity contribution >= 4 is 6.08 Å². The van der Waals surface area contributed by atoms with E-state index in [4.69, 9.17) is 0 Å². The van der Waals surface area contributed by atoms with Gasteiger partial charge in [-0.3, -0.25) is 0 Å². The van der Waals surface area contributed by atoms with Crippen LogP contribution in [0.4, 0.5) is 0 Å². The van der Waals surface area contributed by atoms with Crippen LogP contribution in [-0.2, 0) is 7.05 Å². The minimum absolute atomic E-state index is 0.760. The molecule has 2 aliphatic rings. The van der Waals surface area contributed by atoms with Crippen molar-refractivity contribution in [2.45, 2.75) is 26.2 Å². The molecule has 1 aromatic heterocycles. The van der Waals surface area contributed by atoms with Crippen molar-refractivity contribution in [1.82, 2.24) is 9.55 Å². The van der Waals surface area contributed by atoms with Gasteiger partial charge >= 0.3 is 0 Å². The smallest absolute Gasteiger partial charge is 0.0951 e. The molecule has 2 nitrogen and oxygen atoms in total. The molecule has 3 rings (SSSR count). The zero-order valence-corrected chi connectivity index (χ0v) is 8.49. The van der Waals surface area contributed by atoms with E-state index in [2.05, 4.69) is 28.8 Å². The van der Waals surface area contributed by atoms with E-state index in [9.17, 15) is 0 Å². The fourth-order valence-corrected chi connectivity index (χ4v) is 1.90. The van der Waals surface area contributed by atoms with Crippen LogP contribution < -0.4 is 0 Å². The molecule has 0 aromatic carbocycles. The number of allylic oxidation sites excluding steroid dienone is 1. The van der Waals surface area contributed by atoms with Gasteiger partial charge in [-0.25, -0.2) is 4.98 Å². The topological polar surface area (TPSA) is 17.8 Å². The first-order valence-electron chi connectivity index (χ1n) is 5.05. The number of hydrogen-bond acceptors (Lipinski definition) is 1. The fraction of sp³-hybridized carbons (Fsp3) is 0.545. The monoisotopic (exact) mass is 176 g/mol. The third-order valence-electron chi connectivity index (χ3n) is 2.70. The average Bonchev–Trinajstić information content (AvgIpc) is 2.89. The van der Waals surface area contributed by atoms with E-state index in [0.29, 0.717) is 0 Å². The summed E-state index contributed by atoms with van der Waals surface area (Å²) in [5, 5.41) is 0. The van der Waals surface area contributed by atoms with Gasteiger partial charge in [-0.1, -0.05) is 19.9 Å². The summed E-state index contributed by atoms with van der Waals surface area (Å²) in [6.45, 7) is 4.00. The van der Waals surface area contributed by atoms with Gasteiger partial charge in [0.25, 0.3) is 0 Å². The molecule has 2 heteroatoms. The lowest BCUT2D eigenvalue weighted by Gasteiger charge is -2.03. The summed E-state index contributed by atoms with van der Waals surface area (Å²) in [4.78, 5) is 4.39. The number of imidazole rings is 1. The first-order valence-corrected chi connectivity index (χ1v) is 5.05. The molecule has 2 atom stereocenters. The lowest BCUT2D eigenvalue weighted by Crippen LogP contribution is -1.95. The molecule has 0 aliphatic heterocycles. The second-order valence-electron chi connectivity index (χ2n) is 3.49. The zero-order valence-electron chi connectivity index (χ0n) is 8.49. The van der Waals surface area contributed by atoms with E-state index >= 15 is 0 Å². The maximum atomic E-state index is 4.39. The van der Waals surface area contributed by atoms with Gasteiger partial charge in [-0.2, -0.15) is 0 Å². The van der Waals surface area contributed by atoms with Gasteiger partial charge in [0.15, 0.2) is 0 Å². The Hall–Kier alpha value is -1.05. The van der Waals surface area contributed by atoms with Crippen LogP contribution in [0.25, 0.3) is 6.08 Å². The molecular formula is C11H16N2. The number of rotatable bonds is 0. The van der Waals surface area contributed by atoms with Gasteiger partial charge in [0, 0.05) is 13.0 Å². The maximum absolute atomic E-state index is 4.39. The van der Waals surface area contributed by atoms with Crippen molar-refractivity contribution in [3.05, 3.63) is 23.8 Å². The summed E-state index contributed by atoms with van der Waals surface area (Å²) < 4.78 is 2.10. The van der Waals surface area contributed by atoms with Crippen LogP contribution >= 0.6 is 0 Å². The van der Waals surface area contributed by atoms with Gasteiger partial charge in [0.2, 0.25) is 0 Å². The summed E-state index contributed by atoms with van der Waals surface area (Å²) in [5.41, 5.74) is 2.63. The number of nitrogens with zero attached hydrogens (tertiary/aromatic N) is 2. The zero-order chi connectivity index (χ0) is 9.42. The molecule has 0 bridgehead atoms. The quantitative estimate of drug-likeness (QED) is 0.594. The van der Waals surface area contributed by atoms with Gasteiger partial charge in [0.1, 0.15) is 0 Å². The van der Waals surface area contributed by atoms with Crippen LogP contribution in [0.1, 0.15) is 37.6 Å². The van der Waals surface area contributed by atoms with E-state index in [1.807, 2.05) is 20.2 Å². The highest BCUT2D eigenvalue weighted by molar-refractivity contribution is 5.56. The molecule has 2 aliphatic carbocycles. The highest BCUT2D eigenvalue weighted by atomic mass is 15.0. The predicted molar refractivity (Wildman–Crippen MR) is 54.4 cm³/mol. The number of fused-ring (bicyclic) bond motifs is 3. The molecule has 0 N–H and O–H groups in total. The van der Waals surface area contributed by atoms with Gasteiger partial charge < -0.3 is 4.57 Å². The van der Waals surface area contributed by atoms with E-state index in [0.717, 1.165) is 11.8 Å². The van der Waals surface area contributed by atoms with Crippen LogP contribution in [-0.4, -0.2) is 9.55 Å². The van der Waals surface area contributed by atoms with E-state index < -0.39 is 0 Å². The maximum Gasteiger partial charge on any atom is 0.0951 e. The fourth-order valence-electron chi connectivity index (χ4n) is 1.90. The van der Waals surface area contributed by atoms with Crippen LogP contribution in [0.3, 0.4) is 0 Å². The molecule has 1 fully saturated rings. The Morgan fingerprint density at radius 3 is 3.00 bits per heavy atom. The van der Waals surface area contributed by atoms with E-state index in [-0.39, 0.29) is 0 Å². The Kier molecular flexibility index (Phi) is 1.98. The molecule has 70 valence electrons. The molecule has 1 heterocycles. The SMILES string of the molecule is CC.Cn1cnc2c1C=CC1CC21. The van der Waals surface area contributed by atoms with Gasteiger partial charge in [-0.15, -0.1) is 0 Å². The largest absolute Gasteiger partial charge is 0.334 e. The van der Waals surface area contributed by atoms with Gasteiger partial charge in [0.05, 0.1) is 17.7 Å². The molecule has 0 spiro atoms. The number of hydrogen-bond donors (Lipinski definition) is 0. The van der Waals surface area contributed by atoms with Crippen LogP contribution in [0.5, 0.6) is 0 Å². The Morgan fingerprint density at radius 1 is 1.46 bits per heavy atom. The summed E-state index contributed by atoms with van der Waals surface area (Å²) in [6.07, 6.45) is 7.75. The third kappa shape index (κ3) is 1.21. The summed E-state index contributed by atoms with van der Waals surface area (Å²) in [6, 6.07) is 0. The van der Waals surface area contributed by atoms with Crippen molar-refractivity contribution in [3.63, 3.8) is 0 Å². The molecule has 0 saturated heterocycles. The standard InChI is InChI=1S/C9H10N2.C2H6/c1-11-5-10-9-7-4-6(7)2-3-8(9)11;1-2/h2-3,5-7H,4H2,1H3;1-2H3. The average molecular weight is 176 g/mol. The lowest BCUT2D eigenvalue weighted by atomic mass is 10.1. The highest BCUT2D eigenvalue weighted by Gasteiger charge is 2.41. The summed E-state index contributed by atoms with van der Waals surface area (Å²) >= 11 is 0. The number of aromatic nitrogens is 2. The van der Waals surface area contributed by atoms with E-state index in [1.165, 1.54) is 17.8 Å². The lowest BCUT2D eigenvalue weighted by molar-refractivity contribution is 0.887. The molecule has 0 radical (unpaired) electrons. The van der Waals surface area contributed by atoms with Crippen molar-refractivity contribution in [1.29, 1.82) is 0 Å². The van der Waals surface area contributed by atoms with E-state index in [1.54, 1.807) is 0 Å². The van der Waals surface area contributed by atoms with Crippen LogP contribution in [0, 0.1) is 5.92 Å². The Morgan fingerprint density at radius 2 is 2.23 bits per heavy atom.